The normalized spacial score (nSPS) is 11.3. The van der Waals surface area contributed by atoms with Crippen LogP contribution in [0.5, 0.6) is 0 Å². The highest BCUT2D eigenvalue weighted by molar-refractivity contribution is 6.04. The maximum atomic E-state index is 13.0. The Morgan fingerprint density at radius 3 is 2.23 bits per heavy atom. The molecule has 0 fully saturated rings. The van der Waals surface area contributed by atoms with E-state index in [2.05, 4.69) is 15.6 Å². The lowest BCUT2D eigenvalue weighted by atomic mass is 10.1. The number of para-hydroxylation sites is 1. The van der Waals surface area contributed by atoms with Gasteiger partial charge in [0.2, 0.25) is 0 Å². The number of pyridine rings is 1. The first-order chi connectivity index (χ1) is 12.2. The van der Waals surface area contributed by atoms with Crippen LogP contribution < -0.4 is 10.6 Å². The molecule has 26 heavy (non-hydrogen) atoms. The Labute approximate surface area is 148 Å². The van der Waals surface area contributed by atoms with Crippen molar-refractivity contribution in [3.05, 3.63) is 59.4 Å². The van der Waals surface area contributed by atoms with E-state index in [0.717, 1.165) is 12.1 Å². The lowest BCUT2D eigenvalue weighted by Gasteiger charge is -2.13. The number of alkyl halides is 3. The van der Waals surface area contributed by atoms with Crippen molar-refractivity contribution in [1.82, 2.24) is 10.3 Å². The van der Waals surface area contributed by atoms with Gasteiger partial charge in [-0.05, 0) is 30.2 Å². The van der Waals surface area contributed by atoms with Gasteiger partial charge in [0, 0.05) is 6.54 Å². The first-order valence-electron chi connectivity index (χ1n) is 7.91. The molecule has 0 aliphatic carbocycles. The Morgan fingerprint density at radius 2 is 1.62 bits per heavy atom. The molecule has 2 aromatic rings. The Balaban J connectivity index is 2.19. The average molecular weight is 365 g/mol. The quantitative estimate of drug-likeness (QED) is 0.848. The lowest BCUT2D eigenvalue weighted by Crippen LogP contribution is -2.28. The summed E-state index contributed by atoms with van der Waals surface area (Å²) in [5.74, 6) is -1.05. The fourth-order valence-corrected chi connectivity index (χ4v) is 2.10. The molecule has 0 radical (unpaired) electrons. The van der Waals surface area contributed by atoms with Gasteiger partial charge in [-0.1, -0.05) is 32.0 Å². The predicted molar refractivity (Wildman–Crippen MR) is 90.8 cm³/mol. The highest BCUT2D eigenvalue weighted by Crippen LogP contribution is 2.34. The van der Waals surface area contributed by atoms with Crippen LogP contribution in [0.2, 0.25) is 0 Å². The van der Waals surface area contributed by atoms with Crippen molar-refractivity contribution < 1.29 is 22.8 Å². The molecule has 2 amide bonds. The minimum absolute atomic E-state index is 0.0161. The van der Waals surface area contributed by atoms with Crippen molar-refractivity contribution >= 4 is 17.5 Å². The standard InChI is InChI=1S/C18H18F3N3O2/c1-11(2)10-22-16(25)14-8-5-9-15(23-14)17(26)24-13-7-4-3-6-12(13)18(19,20)21/h3-9,11H,10H2,1-2H3,(H,22,25)(H,24,26). The maximum absolute atomic E-state index is 13.0. The van der Waals surface area contributed by atoms with Gasteiger partial charge in [0.15, 0.2) is 0 Å². The molecule has 1 aromatic carbocycles. The Hall–Kier alpha value is -2.90. The van der Waals surface area contributed by atoms with Crippen LogP contribution in [0.25, 0.3) is 0 Å². The number of hydrogen-bond acceptors (Lipinski definition) is 3. The van der Waals surface area contributed by atoms with Crippen LogP contribution >= 0.6 is 0 Å². The molecule has 1 heterocycles. The Morgan fingerprint density at radius 1 is 1.00 bits per heavy atom. The van der Waals surface area contributed by atoms with E-state index in [9.17, 15) is 22.8 Å². The zero-order valence-corrected chi connectivity index (χ0v) is 14.2. The van der Waals surface area contributed by atoms with Crippen LogP contribution in [0, 0.1) is 5.92 Å². The first-order valence-corrected chi connectivity index (χ1v) is 7.91. The summed E-state index contributed by atoms with van der Waals surface area (Å²) in [7, 11) is 0. The van der Waals surface area contributed by atoms with Crippen LogP contribution in [0.4, 0.5) is 18.9 Å². The number of rotatable bonds is 5. The third-order valence-electron chi connectivity index (χ3n) is 3.37. The number of nitrogens with zero attached hydrogens (tertiary/aromatic N) is 1. The molecule has 0 saturated heterocycles. The first kappa shape index (κ1) is 19.4. The van der Waals surface area contributed by atoms with Crippen molar-refractivity contribution in [2.45, 2.75) is 20.0 Å². The molecule has 0 unspecified atom stereocenters. The number of halogens is 3. The molecule has 5 nitrogen and oxygen atoms in total. The van der Waals surface area contributed by atoms with Crippen LogP contribution in [0.1, 0.15) is 40.4 Å². The molecule has 8 heteroatoms. The SMILES string of the molecule is CC(C)CNC(=O)c1cccc(C(=O)Nc2ccccc2C(F)(F)F)n1. The van der Waals surface area contributed by atoms with Gasteiger partial charge in [0.25, 0.3) is 11.8 Å². The molecule has 1 aromatic heterocycles. The van der Waals surface area contributed by atoms with Gasteiger partial charge in [-0.25, -0.2) is 4.98 Å². The van der Waals surface area contributed by atoms with Gasteiger partial charge in [-0.15, -0.1) is 0 Å². The van der Waals surface area contributed by atoms with Crippen molar-refractivity contribution in [3.8, 4) is 0 Å². The average Bonchev–Trinajstić information content (AvgIpc) is 2.59. The summed E-state index contributed by atoms with van der Waals surface area (Å²) in [5, 5.41) is 4.86. The molecule has 2 rings (SSSR count). The van der Waals surface area contributed by atoms with Gasteiger partial charge < -0.3 is 10.6 Å². The van der Waals surface area contributed by atoms with Crippen LogP contribution in [0.3, 0.4) is 0 Å². The molecule has 0 aliphatic heterocycles. The van der Waals surface area contributed by atoms with E-state index in [-0.39, 0.29) is 23.0 Å². The van der Waals surface area contributed by atoms with Crippen molar-refractivity contribution in [1.29, 1.82) is 0 Å². The highest BCUT2D eigenvalue weighted by atomic mass is 19.4. The van der Waals surface area contributed by atoms with E-state index in [1.165, 1.54) is 30.3 Å². The molecule has 2 N–H and O–H groups in total. The summed E-state index contributed by atoms with van der Waals surface area (Å²) >= 11 is 0. The predicted octanol–water partition coefficient (Wildman–Crippen LogP) is 3.74. The fourth-order valence-electron chi connectivity index (χ4n) is 2.10. The Kier molecular flexibility index (Phi) is 5.97. The zero-order valence-electron chi connectivity index (χ0n) is 14.2. The minimum Gasteiger partial charge on any atom is -0.350 e. The summed E-state index contributed by atoms with van der Waals surface area (Å²) in [6.45, 7) is 4.29. The Bertz CT molecular complexity index is 804. The molecule has 138 valence electrons. The largest absolute Gasteiger partial charge is 0.418 e. The third-order valence-corrected chi connectivity index (χ3v) is 3.37. The van der Waals surface area contributed by atoms with Crippen molar-refractivity contribution in [2.75, 3.05) is 11.9 Å². The molecule has 0 saturated carbocycles. The lowest BCUT2D eigenvalue weighted by molar-refractivity contribution is -0.136. The molecule has 0 atom stereocenters. The number of carbonyl (C=O) groups is 2. The molecule has 0 bridgehead atoms. The van der Waals surface area contributed by atoms with Crippen LogP contribution in [0.15, 0.2) is 42.5 Å². The summed E-state index contributed by atoms with van der Waals surface area (Å²) in [6.07, 6.45) is -4.60. The zero-order chi connectivity index (χ0) is 19.3. The van der Waals surface area contributed by atoms with E-state index >= 15 is 0 Å². The molecular weight excluding hydrogens is 347 g/mol. The second-order valence-electron chi connectivity index (χ2n) is 6.01. The maximum Gasteiger partial charge on any atom is 0.418 e. The molecule has 0 aliphatic rings. The van der Waals surface area contributed by atoms with Crippen LogP contribution in [-0.2, 0) is 6.18 Å². The highest BCUT2D eigenvalue weighted by Gasteiger charge is 2.33. The van der Waals surface area contributed by atoms with E-state index in [1.807, 2.05) is 13.8 Å². The van der Waals surface area contributed by atoms with Crippen molar-refractivity contribution in [3.63, 3.8) is 0 Å². The summed E-state index contributed by atoms with van der Waals surface area (Å²) in [5.41, 5.74) is -1.47. The third kappa shape index (κ3) is 5.05. The second kappa shape index (κ2) is 7.99. The summed E-state index contributed by atoms with van der Waals surface area (Å²) < 4.78 is 39.0. The number of hydrogen-bond donors (Lipinski definition) is 2. The van der Waals surface area contributed by atoms with Crippen molar-refractivity contribution in [2.24, 2.45) is 5.92 Å². The number of benzene rings is 1. The van der Waals surface area contributed by atoms with Crippen LogP contribution in [-0.4, -0.2) is 23.3 Å². The van der Waals surface area contributed by atoms with E-state index in [1.54, 1.807) is 0 Å². The number of nitrogens with one attached hydrogen (secondary N) is 2. The summed E-state index contributed by atoms with van der Waals surface area (Å²) in [6, 6.07) is 8.84. The number of aromatic nitrogens is 1. The van der Waals surface area contributed by atoms with E-state index in [4.69, 9.17) is 0 Å². The van der Waals surface area contributed by atoms with Gasteiger partial charge in [0.05, 0.1) is 11.3 Å². The number of anilines is 1. The molecular formula is C18H18F3N3O2. The summed E-state index contributed by atoms with van der Waals surface area (Å²) in [4.78, 5) is 28.2. The van der Waals surface area contributed by atoms with Gasteiger partial charge in [-0.2, -0.15) is 13.2 Å². The fraction of sp³-hybridized carbons (Fsp3) is 0.278. The number of carbonyl (C=O) groups excluding carboxylic acids is 2. The van der Waals surface area contributed by atoms with E-state index < -0.39 is 23.6 Å². The molecule has 0 spiro atoms. The smallest absolute Gasteiger partial charge is 0.350 e. The second-order valence-corrected chi connectivity index (χ2v) is 6.01. The van der Waals surface area contributed by atoms with Gasteiger partial charge >= 0.3 is 6.18 Å². The topological polar surface area (TPSA) is 71.1 Å². The minimum atomic E-state index is -4.60. The van der Waals surface area contributed by atoms with E-state index in [0.29, 0.717) is 6.54 Å². The monoisotopic (exact) mass is 365 g/mol. The van der Waals surface area contributed by atoms with Gasteiger partial charge in [0.1, 0.15) is 11.4 Å². The van der Waals surface area contributed by atoms with Gasteiger partial charge in [-0.3, -0.25) is 9.59 Å². The number of amides is 2.